The Bertz CT molecular complexity index is 1120. The summed E-state index contributed by atoms with van der Waals surface area (Å²) in [5.41, 5.74) is 7.03. The molecule has 0 bridgehead atoms. The van der Waals surface area contributed by atoms with Crippen LogP contribution in [0.4, 0.5) is 6.01 Å². The second-order valence-corrected chi connectivity index (χ2v) is 6.58. The van der Waals surface area contributed by atoms with E-state index in [-0.39, 0.29) is 11.9 Å². The first-order valence-electron chi connectivity index (χ1n) is 8.61. The van der Waals surface area contributed by atoms with Crippen LogP contribution in [0.1, 0.15) is 29.4 Å². The third-order valence-electron chi connectivity index (χ3n) is 4.50. The van der Waals surface area contributed by atoms with Crippen LogP contribution in [-0.2, 0) is 17.6 Å². The second-order valence-electron chi connectivity index (χ2n) is 6.58. The Balaban J connectivity index is 1.56. The number of oxazole rings is 1. The first-order chi connectivity index (χ1) is 12.5. The SMILES string of the molecule is CC(=O)Nc1nc2ccc(CCc3nc4cc(C)ccn4c3C)cc2o1. The molecule has 0 atom stereocenters. The highest BCUT2D eigenvalue weighted by atomic mass is 16.4. The van der Waals surface area contributed by atoms with Crippen LogP contribution in [0, 0.1) is 13.8 Å². The average Bonchev–Trinajstić information content (AvgIpc) is 3.12. The highest BCUT2D eigenvalue weighted by molar-refractivity contribution is 5.88. The summed E-state index contributed by atoms with van der Waals surface area (Å²) in [6.45, 7) is 5.61. The number of carbonyl (C=O) groups is 1. The van der Waals surface area contributed by atoms with Crippen molar-refractivity contribution in [3.63, 3.8) is 0 Å². The van der Waals surface area contributed by atoms with Gasteiger partial charge in [0, 0.05) is 18.8 Å². The first kappa shape index (κ1) is 16.3. The second kappa shape index (κ2) is 6.29. The Morgan fingerprint density at radius 1 is 1.15 bits per heavy atom. The largest absolute Gasteiger partial charge is 0.423 e. The predicted octanol–water partition coefficient (Wildman–Crippen LogP) is 3.84. The minimum Gasteiger partial charge on any atom is -0.423 e. The smallest absolute Gasteiger partial charge is 0.302 e. The van der Waals surface area contributed by atoms with E-state index in [9.17, 15) is 4.79 Å². The fraction of sp³-hybridized carbons (Fsp3) is 0.250. The van der Waals surface area contributed by atoms with E-state index in [1.165, 1.54) is 18.2 Å². The lowest BCUT2D eigenvalue weighted by Crippen LogP contribution is -2.05. The molecule has 6 heteroatoms. The molecule has 0 saturated heterocycles. The lowest BCUT2D eigenvalue weighted by atomic mass is 10.1. The minimum absolute atomic E-state index is 0.200. The van der Waals surface area contributed by atoms with Crippen molar-refractivity contribution in [2.45, 2.75) is 33.6 Å². The summed E-state index contributed by atoms with van der Waals surface area (Å²) in [7, 11) is 0. The van der Waals surface area contributed by atoms with Gasteiger partial charge in [0.25, 0.3) is 0 Å². The Labute approximate surface area is 150 Å². The average molecular weight is 348 g/mol. The Hall–Kier alpha value is -3.15. The van der Waals surface area contributed by atoms with Crippen LogP contribution in [-0.4, -0.2) is 20.3 Å². The summed E-state index contributed by atoms with van der Waals surface area (Å²) in [6, 6.07) is 10.4. The van der Waals surface area contributed by atoms with Crippen molar-refractivity contribution in [1.29, 1.82) is 0 Å². The number of hydrogen-bond acceptors (Lipinski definition) is 4. The van der Waals surface area contributed by atoms with Crippen molar-refractivity contribution < 1.29 is 9.21 Å². The quantitative estimate of drug-likeness (QED) is 0.608. The van der Waals surface area contributed by atoms with Crippen LogP contribution in [0.15, 0.2) is 40.9 Å². The van der Waals surface area contributed by atoms with Gasteiger partial charge in [0.15, 0.2) is 5.58 Å². The van der Waals surface area contributed by atoms with Crippen molar-refractivity contribution in [2.24, 2.45) is 0 Å². The zero-order valence-corrected chi connectivity index (χ0v) is 15.0. The number of nitrogens with one attached hydrogen (secondary N) is 1. The molecule has 1 aromatic carbocycles. The minimum atomic E-state index is -0.200. The van der Waals surface area contributed by atoms with Gasteiger partial charge in [-0.25, -0.2) is 4.98 Å². The number of benzene rings is 1. The molecular formula is C20H20N4O2. The number of fused-ring (bicyclic) bond motifs is 2. The molecule has 132 valence electrons. The van der Waals surface area contributed by atoms with Crippen molar-refractivity contribution >= 4 is 28.7 Å². The van der Waals surface area contributed by atoms with Crippen LogP contribution in [0.2, 0.25) is 0 Å². The number of hydrogen-bond donors (Lipinski definition) is 1. The molecule has 0 unspecified atom stereocenters. The van der Waals surface area contributed by atoms with Gasteiger partial charge in [-0.15, -0.1) is 0 Å². The molecule has 0 aliphatic rings. The molecular weight excluding hydrogens is 328 g/mol. The van der Waals surface area contributed by atoms with Gasteiger partial charge in [-0.2, -0.15) is 4.98 Å². The number of rotatable bonds is 4. The van der Waals surface area contributed by atoms with Crippen molar-refractivity contribution in [2.75, 3.05) is 5.32 Å². The van der Waals surface area contributed by atoms with E-state index in [0.29, 0.717) is 5.58 Å². The van der Waals surface area contributed by atoms with E-state index in [1.807, 2.05) is 18.2 Å². The molecule has 4 aromatic rings. The standard InChI is InChI=1S/C20H20N4O2/c1-12-8-9-24-13(2)16(22-19(24)10-12)6-4-15-5-7-17-18(11-15)26-20(23-17)21-14(3)25/h5,7-11H,4,6H2,1-3H3,(H,21,23,25). The fourth-order valence-electron chi connectivity index (χ4n) is 3.15. The summed E-state index contributed by atoms with van der Waals surface area (Å²) < 4.78 is 7.72. The van der Waals surface area contributed by atoms with Gasteiger partial charge >= 0.3 is 6.01 Å². The molecule has 26 heavy (non-hydrogen) atoms. The van der Waals surface area contributed by atoms with E-state index in [1.54, 1.807) is 0 Å². The maximum atomic E-state index is 11.1. The molecule has 3 heterocycles. The van der Waals surface area contributed by atoms with Crippen molar-refractivity contribution in [3.05, 3.63) is 59.0 Å². The van der Waals surface area contributed by atoms with Gasteiger partial charge in [0.2, 0.25) is 5.91 Å². The maximum absolute atomic E-state index is 11.1. The lowest BCUT2D eigenvalue weighted by molar-refractivity contribution is -0.114. The first-order valence-corrected chi connectivity index (χ1v) is 8.61. The summed E-state index contributed by atoms with van der Waals surface area (Å²) in [5.74, 6) is -0.200. The molecule has 3 aromatic heterocycles. The number of anilines is 1. The van der Waals surface area contributed by atoms with Gasteiger partial charge in [-0.1, -0.05) is 6.07 Å². The molecule has 0 saturated carbocycles. The van der Waals surface area contributed by atoms with E-state index < -0.39 is 0 Å². The zero-order valence-electron chi connectivity index (χ0n) is 15.0. The van der Waals surface area contributed by atoms with Crippen LogP contribution in [0.5, 0.6) is 0 Å². The molecule has 0 fully saturated rings. The van der Waals surface area contributed by atoms with Gasteiger partial charge in [0.05, 0.1) is 5.69 Å². The number of aryl methyl sites for hydroxylation is 4. The molecule has 0 aliphatic heterocycles. The van der Waals surface area contributed by atoms with E-state index >= 15 is 0 Å². The number of carbonyl (C=O) groups excluding carboxylic acids is 1. The topological polar surface area (TPSA) is 72.4 Å². The Morgan fingerprint density at radius 3 is 2.81 bits per heavy atom. The number of aromatic nitrogens is 3. The summed E-state index contributed by atoms with van der Waals surface area (Å²) in [4.78, 5) is 20.1. The molecule has 0 aliphatic carbocycles. The van der Waals surface area contributed by atoms with Crippen LogP contribution in [0.3, 0.4) is 0 Å². The van der Waals surface area contributed by atoms with Crippen LogP contribution >= 0.6 is 0 Å². The summed E-state index contributed by atoms with van der Waals surface area (Å²) in [5, 5.41) is 2.57. The summed E-state index contributed by atoms with van der Waals surface area (Å²) >= 11 is 0. The van der Waals surface area contributed by atoms with Gasteiger partial charge in [0.1, 0.15) is 11.2 Å². The van der Waals surface area contributed by atoms with Crippen LogP contribution in [0.25, 0.3) is 16.7 Å². The lowest BCUT2D eigenvalue weighted by Gasteiger charge is -2.01. The number of imidazole rings is 1. The molecule has 1 amide bonds. The number of nitrogens with zero attached hydrogens (tertiary/aromatic N) is 3. The summed E-state index contributed by atoms with van der Waals surface area (Å²) in [6.07, 6.45) is 3.78. The zero-order chi connectivity index (χ0) is 18.3. The molecule has 0 spiro atoms. The van der Waals surface area contributed by atoms with E-state index in [4.69, 9.17) is 9.40 Å². The van der Waals surface area contributed by atoms with Crippen molar-refractivity contribution in [3.8, 4) is 0 Å². The highest BCUT2D eigenvalue weighted by Gasteiger charge is 2.11. The van der Waals surface area contributed by atoms with Gasteiger partial charge < -0.3 is 8.82 Å². The fourth-order valence-corrected chi connectivity index (χ4v) is 3.15. The third-order valence-corrected chi connectivity index (χ3v) is 4.50. The third kappa shape index (κ3) is 3.06. The monoisotopic (exact) mass is 348 g/mol. The maximum Gasteiger partial charge on any atom is 0.302 e. The van der Waals surface area contributed by atoms with Crippen LogP contribution < -0.4 is 5.32 Å². The molecule has 0 radical (unpaired) electrons. The van der Waals surface area contributed by atoms with E-state index in [2.05, 4.69) is 46.9 Å². The number of pyridine rings is 1. The van der Waals surface area contributed by atoms with Gasteiger partial charge in [-0.3, -0.25) is 10.1 Å². The Kier molecular flexibility index (Phi) is 3.95. The van der Waals surface area contributed by atoms with Gasteiger partial charge in [-0.05, 0) is 62.1 Å². The highest BCUT2D eigenvalue weighted by Crippen LogP contribution is 2.22. The van der Waals surface area contributed by atoms with E-state index in [0.717, 1.165) is 35.3 Å². The number of amides is 1. The van der Waals surface area contributed by atoms with Crippen molar-refractivity contribution in [1.82, 2.24) is 14.4 Å². The predicted molar refractivity (Wildman–Crippen MR) is 100 cm³/mol. The molecule has 4 rings (SSSR count). The normalized spacial score (nSPS) is 11.3. The Morgan fingerprint density at radius 2 is 2.00 bits per heavy atom. The molecule has 1 N–H and O–H groups in total. The molecule has 6 nitrogen and oxygen atoms in total.